The van der Waals surface area contributed by atoms with Gasteiger partial charge in [-0.3, -0.25) is 5.41 Å². The molecule has 1 saturated heterocycles. The van der Waals surface area contributed by atoms with E-state index in [1.165, 1.54) is 11.3 Å². The predicted molar refractivity (Wildman–Crippen MR) is 79.5 cm³/mol. The predicted octanol–water partition coefficient (Wildman–Crippen LogP) is 1.47. The number of aromatic nitrogens is 1. The van der Waals surface area contributed by atoms with Crippen molar-refractivity contribution in [3.05, 3.63) is 22.9 Å². The van der Waals surface area contributed by atoms with Gasteiger partial charge in [-0.1, -0.05) is 0 Å². The van der Waals surface area contributed by atoms with Crippen LogP contribution in [0.5, 0.6) is 0 Å². The third-order valence-corrected chi connectivity index (χ3v) is 4.40. The number of hydrogen-bond donors (Lipinski definition) is 2. The van der Waals surface area contributed by atoms with E-state index < -0.39 is 0 Å². The molecule has 1 fully saturated rings. The summed E-state index contributed by atoms with van der Waals surface area (Å²) in [5.41, 5.74) is 9.02. The second-order valence-corrected chi connectivity index (χ2v) is 5.65. The molecular weight excluding hydrogens is 252 g/mol. The normalized spacial score (nSPS) is 19.1. The van der Waals surface area contributed by atoms with Crippen molar-refractivity contribution >= 4 is 11.7 Å². The van der Waals surface area contributed by atoms with Crippen LogP contribution in [0.15, 0.2) is 6.07 Å². The van der Waals surface area contributed by atoms with E-state index in [-0.39, 0.29) is 5.84 Å². The molecule has 108 valence electrons. The molecule has 0 spiro atoms. The Labute approximate surface area is 119 Å². The van der Waals surface area contributed by atoms with Crippen molar-refractivity contribution in [2.24, 2.45) is 5.73 Å². The fourth-order valence-corrected chi connectivity index (χ4v) is 3.20. The number of amidine groups is 1. The minimum atomic E-state index is 0.121. The molecular formula is C15H22N4O. The molecule has 5 heteroatoms. The smallest absolute Gasteiger partial charge is 0.139 e. The van der Waals surface area contributed by atoms with E-state index in [4.69, 9.17) is 20.9 Å². The van der Waals surface area contributed by atoms with Gasteiger partial charge in [0.05, 0.1) is 11.7 Å². The van der Waals surface area contributed by atoms with Crippen molar-refractivity contribution < 1.29 is 4.74 Å². The lowest BCUT2D eigenvalue weighted by molar-refractivity contribution is 0.0818. The Morgan fingerprint density at radius 3 is 2.80 bits per heavy atom. The maximum absolute atomic E-state index is 7.82. The minimum Gasteiger partial charge on any atom is -0.384 e. The summed E-state index contributed by atoms with van der Waals surface area (Å²) in [6, 6.07) is 2.08. The number of pyridine rings is 1. The van der Waals surface area contributed by atoms with Gasteiger partial charge in [0.1, 0.15) is 11.7 Å². The number of anilines is 1. The average Bonchev–Trinajstić information content (AvgIpc) is 2.93. The number of fused-ring (bicyclic) bond motifs is 1. The third kappa shape index (κ3) is 2.38. The first-order valence-electron chi connectivity index (χ1n) is 7.34. The van der Waals surface area contributed by atoms with Crippen LogP contribution in [0.25, 0.3) is 0 Å². The third-order valence-electron chi connectivity index (χ3n) is 4.40. The molecule has 5 nitrogen and oxygen atoms in total. The molecule has 3 N–H and O–H groups in total. The number of ether oxygens (including phenoxy) is 1. The molecule has 0 radical (unpaired) electrons. The minimum absolute atomic E-state index is 0.121. The average molecular weight is 274 g/mol. The Morgan fingerprint density at radius 2 is 2.15 bits per heavy atom. The Kier molecular flexibility index (Phi) is 3.61. The van der Waals surface area contributed by atoms with Crippen LogP contribution >= 0.6 is 0 Å². The van der Waals surface area contributed by atoms with Gasteiger partial charge in [0, 0.05) is 25.9 Å². The summed E-state index contributed by atoms with van der Waals surface area (Å²) in [6.45, 7) is 1.84. The van der Waals surface area contributed by atoms with E-state index in [0.717, 1.165) is 56.6 Å². The highest BCUT2D eigenvalue weighted by molar-refractivity contribution is 6.00. The van der Waals surface area contributed by atoms with E-state index >= 15 is 0 Å². The molecule has 2 heterocycles. The molecule has 1 aromatic heterocycles. The van der Waals surface area contributed by atoms with E-state index in [9.17, 15) is 0 Å². The van der Waals surface area contributed by atoms with Gasteiger partial charge in [0.25, 0.3) is 0 Å². The Hall–Kier alpha value is -1.62. The van der Waals surface area contributed by atoms with Crippen LogP contribution in [0.2, 0.25) is 0 Å². The van der Waals surface area contributed by atoms with Crippen molar-refractivity contribution in [1.29, 1.82) is 5.41 Å². The van der Waals surface area contributed by atoms with Crippen LogP contribution in [0.4, 0.5) is 5.82 Å². The van der Waals surface area contributed by atoms with E-state index in [0.29, 0.717) is 6.10 Å². The summed E-state index contributed by atoms with van der Waals surface area (Å²) in [6.07, 6.45) is 5.64. The first-order chi connectivity index (χ1) is 9.69. The van der Waals surface area contributed by atoms with Crippen LogP contribution in [0, 0.1) is 5.41 Å². The number of methoxy groups -OCH3 is 1. The number of nitrogen functional groups attached to an aromatic ring is 1. The lowest BCUT2D eigenvalue weighted by Crippen LogP contribution is -2.38. The van der Waals surface area contributed by atoms with E-state index in [1.807, 2.05) is 0 Å². The van der Waals surface area contributed by atoms with Gasteiger partial charge in [-0.05, 0) is 43.7 Å². The molecule has 2 aliphatic rings. The molecule has 0 aromatic carbocycles. The van der Waals surface area contributed by atoms with Gasteiger partial charge in [-0.2, -0.15) is 0 Å². The van der Waals surface area contributed by atoms with Gasteiger partial charge < -0.3 is 15.4 Å². The molecule has 20 heavy (non-hydrogen) atoms. The van der Waals surface area contributed by atoms with Crippen molar-refractivity contribution in [3.8, 4) is 0 Å². The maximum atomic E-state index is 7.82. The first-order valence-corrected chi connectivity index (χ1v) is 7.34. The van der Waals surface area contributed by atoms with Gasteiger partial charge >= 0.3 is 0 Å². The SMILES string of the molecule is COC1CCN(c2nc3c(cc2C(=N)N)CCC3)CC1. The first kappa shape index (κ1) is 13.4. The van der Waals surface area contributed by atoms with Crippen molar-refractivity contribution in [2.45, 2.75) is 38.2 Å². The standard InChI is InChI=1S/C15H22N4O/c1-20-11-5-7-19(8-6-11)15-12(14(16)17)9-10-3-2-4-13(10)18-15/h9,11H,2-8H2,1H3,(H3,16,17). The Balaban J connectivity index is 1.90. The summed E-state index contributed by atoms with van der Waals surface area (Å²) in [4.78, 5) is 7.07. The van der Waals surface area contributed by atoms with Gasteiger partial charge in [-0.25, -0.2) is 4.98 Å². The maximum Gasteiger partial charge on any atom is 0.139 e. The fourth-order valence-electron chi connectivity index (χ4n) is 3.20. The highest BCUT2D eigenvalue weighted by Gasteiger charge is 2.25. The number of piperidine rings is 1. The molecule has 1 aliphatic heterocycles. The molecule has 0 unspecified atom stereocenters. The lowest BCUT2D eigenvalue weighted by Gasteiger charge is -2.33. The van der Waals surface area contributed by atoms with Crippen LogP contribution in [0.3, 0.4) is 0 Å². The molecule has 0 saturated carbocycles. The van der Waals surface area contributed by atoms with Crippen LogP contribution < -0.4 is 10.6 Å². The summed E-state index contributed by atoms with van der Waals surface area (Å²) < 4.78 is 5.41. The quantitative estimate of drug-likeness (QED) is 0.646. The molecule has 0 atom stereocenters. The number of nitrogens with zero attached hydrogens (tertiary/aromatic N) is 2. The number of nitrogens with one attached hydrogen (secondary N) is 1. The number of nitrogens with two attached hydrogens (primary N) is 1. The number of rotatable bonds is 3. The molecule has 3 rings (SSSR count). The van der Waals surface area contributed by atoms with Gasteiger partial charge in [-0.15, -0.1) is 0 Å². The van der Waals surface area contributed by atoms with Crippen molar-refractivity contribution in [3.63, 3.8) is 0 Å². The second kappa shape index (κ2) is 5.40. The molecule has 1 aliphatic carbocycles. The van der Waals surface area contributed by atoms with Crippen molar-refractivity contribution in [2.75, 3.05) is 25.1 Å². The zero-order valence-corrected chi connectivity index (χ0v) is 12.0. The highest BCUT2D eigenvalue weighted by atomic mass is 16.5. The summed E-state index contributed by atoms with van der Waals surface area (Å²) in [7, 11) is 1.77. The van der Waals surface area contributed by atoms with Gasteiger partial charge in [0.2, 0.25) is 0 Å². The molecule has 0 bridgehead atoms. The van der Waals surface area contributed by atoms with E-state index in [2.05, 4.69) is 11.0 Å². The lowest BCUT2D eigenvalue weighted by atomic mass is 10.1. The topological polar surface area (TPSA) is 75.2 Å². The molecule has 1 aromatic rings. The van der Waals surface area contributed by atoms with Crippen LogP contribution in [-0.4, -0.2) is 37.1 Å². The Bertz CT molecular complexity index is 521. The fraction of sp³-hybridized carbons (Fsp3) is 0.600. The number of aryl methyl sites for hydroxylation is 2. The second-order valence-electron chi connectivity index (χ2n) is 5.65. The zero-order chi connectivity index (χ0) is 14.1. The van der Waals surface area contributed by atoms with Gasteiger partial charge in [0.15, 0.2) is 0 Å². The monoisotopic (exact) mass is 274 g/mol. The Morgan fingerprint density at radius 1 is 1.40 bits per heavy atom. The largest absolute Gasteiger partial charge is 0.384 e. The molecule has 0 amide bonds. The van der Waals surface area contributed by atoms with Crippen molar-refractivity contribution in [1.82, 2.24) is 4.98 Å². The number of hydrogen-bond acceptors (Lipinski definition) is 4. The zero-order valence-electron chi connectivity index (χ0n) is 12.0. The summed E-state index contributed by atoms with van der Waals surface area (Å²) >= 11 is 0. The summed E-state index contributed by atoms with van der Waals surface area (Å²) in [5, 5.41) is 7.82. The van der Waals surface area contributed by atoms with E-state index in [1.54, 1.807) is 7.11 Å². The van der Waals surface area contributed by atoms with Crippen LogP contribution in [0.1, 0.15) is 36.1 Å². The highest BCUT2D eigenvalue weighted by Crippen LogP contribution is 2.29. The summed E-state index contributed by atoms with van der Waals surface area (Å²) in [5.74, 6) is 1.02. The van der Waals surface area contributed by atoms with Crippen LogP contribution in [-0.2, 0) is 17.6 Å².